The van der Waals surface area contributed by atoms with Crippen LogP contribution in [0, 0.1) is 28.6 Å². The molecule has 3 saturated carbocycles. The van der Waals surface area contributed by atoms with Crippen LogP contribution >= 0.6 is 11.3 Å². The van der Waals surface area contributed by atoms with Gasteiger partial charge in [-0.05, 0) is 85.1 Å². The zero-order valence-corrected chi connectivity index (χ0v) is 41.6. The summed E-state index contributed by atoms with van der Waals surface area (Å²) in [5.41, 5.74) is -0.432. The number of anilines is 2. The Kier molecular flexibility index (Phi) is 15.4. The number of carboxylic acid groups (broad SMARTS) is 1. The average Bonchev–Trinajstić information content (AvgIpc) is 4.06. The number of hydrogen-bond donors (Lipinski definition) is 10. The van der Waals surface area contributed by atoms with Gasteiger partial charge in [-0.1, -0.05) is 43.7 Å². The van der Waals surface area contributed by atoms with Gasteiger partial charge in [-0.3, -0.25) is 29.3 Å². The Morgan fingerprint density at radius 2 is 1.77 bits per heavy atom. The molecule has 4 aliphatic carbocycles. The predicted molar refractivity (Wildman–Crippen MR) is 260 cm³/mol. The zero-order chi connectivity index (χ0) is 53.6. The highest BCUT2D eigenvalue weighted by atomic mass is 32.1. The standard InChI is InChI=1S/C51H59N5O18S/c1-49-12-10-28(58)17-26(49)7-8-29-30-18-36-51(35(60)21-57,50(30,2)19-32(59)40(29)49)74-46(72-36)34-20-54-39(75-34)16-24-4-3-5-27(14-24)55-48(68)69-22-25-6-9-33(31(15-25)56-37(61)11-13-53-38(62)23-70-52)71-47-43(65)41(63)42(64)44(73-47)45(66)67/h3-6,9-10,12,14-15,17,20,29-30,32,36,40-44,46-47,57,59,63-65H,7-8,11,13,16,18-19,21-23,52H2,1-2H3,(H,53,62)(H,55,68)(H,56,61)(H,66,67)/t29-,30-,32-,36+,40+,41-,42-,43+,44-,46+,47+,49-,50-,51+/m0/s1. The highest BCUT2D eigenvalue weighted by Gasteiger charge is 2.76. The van der Waals surface area contributed by atoms with Crippen LogP contribution in [0.4, 0.5) is 16.2 Å². The molecule has 402 valence electrons. The monoisotopic (exact) mass is 1060 g/mol. The molecule has 3 amide bonds. The number of rotatable bonds is 17. The first-order valence-electron chi connectivity index (χ1n) is 24.5. The van der Waals surface area contributed by atoms with E-state index < -0.39 is 109 Å². The molecule has 1 aromatic heterocycles. The number of fused-ring (bicyclic) bond motifs is 7. The number of aliphatic hydroxyl groups is 5. The van der Waals surface area contributed by atoms with Crippen molar-refractivity contribution in [2.75, 3.05) is 30.4 Å². The lowest BCUT2D eigenvalue weighted by Crippen LogP contribution is -2.63. The maximum atomic E-state index is 14.0. The van der Waals surface area contributed by atoms with E-state index in [2.05, 4.69) is 32.7 Å². The maximum absolute atomic E-state index is 14.0. The number of carboxylic acids is 1. The van der Waals surface area contributed by atoms with E-state index in [0.29, 0.717) is 40.4 Å². The molecule has 11 N–H and O–H groups in total. The number of amides is 3. The summed E-state index contributed by atoms with van der Waals surface area (Å²) in [6.45, 7) is 2.40. The lowest BCUT2D eigenvalue weighted by atomic mass is 9.46. The van der Waals surface area contributed by atoms with Gasteiger partial charge in [-0.25, -0.2) is 20.5 Å². The molecule has 9 rings (SSSR count). The molecule has 3 aromatic rings. The van der Waals surface area contributed by atoms with Crippen molar-refractivity contribution in [3.8, 4) is 5.75 Å². The number of benzene rings is 2. The van der Waals surface area contributed by atoms with Gasteiger partial charge in [0.1, 0.15) is 43.9 Å². The minimum absolute atomic E-state index is 0.0143. The number of carbonyl (C=O) groups is 6. The first-order valence-corrected chi connectivity index (χ1v) is 25.3. The first-order chi connectivity index (χ1) is 35.8. The molecule has 0 bridgehead atoms. The van der Waals surface area contributed by atoms with Crippen molar-refractivity contribution < 1.29 is 87.9 Å². The van der Waals surface area contributed by atoms with Crippen LogP contribution < -0.4 is 26.6 Å². The summed E-state index contributed by atoms with van der Waals surface area (Å²) >= 11 is 1.33. The number of thiazole rings is 1. The molecule has 2 aromatic carbocycles. The number of allylic oxidation sites excluding steroid dienone is 4. The number of aromatic nitrogens is 1. The summed E-state index contributed by atoms with van der Waals surface area (Å²) in [5.74, 6) is 1.12. The number of nitrogens with one attached hydrogen (secondary N) is 3. The van der Waals surface area contributed by atoms with Crippen LogP contribution in [0.1, 0.15) is 73.3 Å². The van der Waals surface area contributed by atoms with Crippen LogP contribution in [0.25, 0.3) is 0 Å². The second kappa shape index (κ2) is 21.5. The van der Waals surface area contributed by atoms with Gasteiger partial charge in [0.05, 0.1) is 27.8 Å². The number of ketones is 2. The number of carbonyl (C=O) groups excluding carboxylic acids is 5. The summed E-state index contributed by atoms with van der Waals surface area (Å²) < 4.78 is 29.8. The molecule has 23 nitrogen and oxygen atoms in total. The molecule has 2 aliphatic heterocycles. The lowest BCUT2D eigenvalue weighted by Gasteiger charge is -2.59. The predicted octanol–water partition coefficient (Wildman–Crippen LogP) is 1.69. The van der Waals surface area contributed by atoms with E-state index in [4.69, 9.17) is 29.6 Å². The van der Waals surface area contributed by atoms with E-state index in [1.807, 2.05) is 19.1 Å². The average molecular weight is 1060 g/mol. The summed E-state index contributed by atoms with van der Waals surface area (Å²) in [6.07, 6.45) is -3.83. The highest BCUT2D eigenvalue weighted by Crippen LogP contribution is 2.70. The first kappa shape index (κ1) is 53.8. The van der Waals surface area contributed by atoms with Gasteiger partial charge in [0.15, 0.2) is 29.6 Å². The van der Waals surface area contributed by atoms with Gasteiger partial charge >= 0.3 is 12.1 Å². The second-order valence-electron chi connectivity index (χ2n) is 20.2. The number of aliphatic hydroxyl groups excluding tert-OH is 5. The molecule has 2 saturated heterocycles. The van der Waals surface area contributed by atoms with E-state index in [0.717, 1.165) is 17.6 Å². The number of nitrogens with zero attached hydrogens (tertiary/aromatic N) is 1. The molecule has 6 aliphatic rings. The number of hydrogen-bond acceptors (Lipinski definition) is 20. The molecule has 3 heterocycles. The molecule has 14 atom stereocenters. The third kappa shape index (κ3) is 10.2. The molecule has 0 radical (unpaired) electrons. The van der Waals surface area contributed by atoms with Crippen molar-refractivity contribution in [3.63, 3.8) is 0 Å². The summed E-state index contributed by atoms with van der Waals surface area (Å²) in [4.78, 5) is 85.4. The largest absolute Gasteiger partial charge is 0.479 e. The van der Waals surface area contributed by atoms with E-state index in [1.54, 1.807) is 36.5 Å². The third-order valence-corrected chi connectivity index (χ3v) is 16.8. The van der Waals surface area contributed by atoms with Crippen LogP contribution in [0.2, 0.25) is 0 Å². The number of aliphatic carboxylic acids is 1. The Labute approximate surface area is 432 Å². The van der Waals surface area contributed by atoms with Crippen molar-refractivity contribution in [1.29, 1.82) is 0 Å². The molecule has 5 fully saturated rings. The van der Waals surface area contributed by atoms with Crippen LogP contribution in [0.15, 0.2) is 72.5 Å². The van der Waals surface area contributed by atoms with Gasteiger partial charge < -0.3 is 65.0 Å². The van der Waals surface area contributed by atoms with Crippen LogP contribution in [0.5, 0.6) is 5.75 Å². The smallest absolute Gasteiger partial charge is 0.411 e. The van der Waals surface area contributed by atoms with E-state index >= 15 is 0 Å². The van der Waals surface area contributed by atoms with Crippen LogP contribution in [0.3, 0.4) is 0 Å². The zero-order valence-electron chi connectivity index (χ0n) is 40.8. The van der Waals surface area contributed by atoms with Gasteiger partial charge in [-0.2, -0.15) is 0 Å². The Balaban J connectivity index is 0.833. The minimum Gasteiger partial charge on any atom is -0.479 e. The SMILES string of the molecule is C[C@]12C=CC(=O)C=C1CC[C@@H]1[C@@H]2[C@@H](O)C[C@@]2(C)[C@H]1C[C@H]1O[C@@H](c3cnc(Cc4cccc(NC(=O)OCc5ccc(O[C@@H]6O[C@H](C(=O)O)[C@@H](O)[C@H](O)[C@H]6O)c(NC(=O)CCNC(=O)CON)c5)c4)s3)O[C@]12C(=O)CO. The fourth-order valence-corrected chi connectivity index (χ4v) is 13.3. The Hall–Kier alpha value is -6.03. The molecule has 75 heavy (non-hydrogen) atoms. The lowest BCUT2D eigenvalue weighted by molar-refractivity contribution is -0.271. The third-order valence-electron chi connectivity index (χ3n) is 15.8. The van der Waals surface area contributed by atoms with Crippen molar-refractivity contribution in [1.82, 2.24) is 10.3 Å². The van der Waals surface area contributed by atoms with E-state index in [1.165, 1.54) is 29.5 Å². The highest BCUT2D eigenvalue weighted by molar-refractivity contribution is 7.11. The Morgan fingerprint density at radius 1 is 0.973 bits per heavy atom. The van der Waals surface area contributed by atoms with Crippen molar-refractivity contribution >= 4 is 58.2 Å². The van der Waals surface area contributed by atoms with E-state index in [-0.39, 0.29) is 61.0 Å². The summed E-state index contributed by atoms with van der Waals surface area (Å²) in [7, 11) is 0. The van der Waals surface area contributed by atoms with Crippen LogP contribution in [-0.4, -0.2) is 139 Å². The Bertz CT molecular complexity index is 2790. The minimum atomic E-state index is -1.98. The molecule has 0 unspecified atom stereocenters. The summed E-state index contributed by atoms with van der Waals surface area (Å²) in [5, 5.41) is 71.2. The van der Waals surface area contributed by atoms with Crippen molar-refractivity contribution in [2.45, 2.75) is 114 Å². The van der Waals surface area contributed by atoms with Crippen molar-refractivity contribution in [2.24, 2.45) is 34.5 Å². The van der Waals surface area contributed by atoms with Crippen LogP contribution in [-0.2, 0) is 60.8 Å². The number of Topliss-reactive ketones (excluding diaryl/α,β-unsaturated/α-hetero) is 1. The van der Waals surface area contributed by atoms with Gasteiger partial charge in [0.2, 0.25) is 18.1 Å². The van der Waals surface area contributed by atoms with Gasteiger partial charge in [0, 0.05) is 48.0 Å². The number of ether oxygens (including phenoxy) is 5. The fraction of sp³-hybridized carbons (Fsp3) is 0.510. The summed E-state index contributed by atoms with van der Waals surface area (Å²) in [6, 6.07) is 11.1. The quantitative estimate of drug-likeness (QED) is 0.0860. The van der Waals surface area contributed by atoms with E-state index in [9.17, 15) is 59.4 Å². The normalized spacial score (nSPS) is 33.5. The fourth-order valence-electron chi connectivity index (χ4n) is 12.4. The van der Waals surface area contributed by atoms with Crippen molar-refractivity contribution in [3.05, 3.63) is 93.5 Å². The number of nitrogens with two attached hydrogens (primary N) is 1. The maximum Gasteiger partial charge on any atom is 0.411 e. The molecular formula is C51H59N5O18S. The van der Waals surface area contributed by atoms with Gasteiger partial charge in [0.25, 0.3) is 0 Å². The molecule has 24 heteroatoms. The topological polar surface area (TPSA) is 354 Å². The molecular weight excluding hydrogens is 1000 g/mol. The second-order valence-corrected chi connectivity index (χ2v) is 21.4. The Morgan fingerprint density at radius 3 is 2.53 bits per heavy atom. The van der Waals surface area contributed by atoms with Gasteiger partial charge in [-0.15, -0.1) is 11.3 Å². The molecule has 0 spiro atoms.